The van der Waals surface area contributed by atoms with Crippen LogP contribution in [0.5, 0.6) is 0 Å². The Hall–Kier alpha value is -5.84. The lowest BCUT2D eigenvalue weighted by Gasteiger charge is -2.15. The summed E-state index contributed by atoms with van der Waals surface area (Å²) in [6.45, 7) is 0. The molecule has 10 aromatic rings. The van der Waals surface area contributed by atoms with Crippen LogP contribution in [0.2, 0.25) is 0 Å². The minimum absolute atomic E-state index is 0.715. The Balaban J connectivity index is 1.44. The fraction of sp³-hybridized carbons (Fsp3) is 0. The Morgan fingerprint density at radius 1 is 0.478 bits per heavy atom. The van der Waals surface area contributed by atoms with Crippen molar-refractivity contribution < 1.29 is 0 Å². The first kappa shape index (κ1) is 25.5. The van der Waals surface area contributed by atoms with E-state index in [1.54, 1.807) is 0 Å². The molecule has 7 aromatic carbocycles. The Labute approximate surface area is 268 Å². The second-order valence-corrected chi connectivity index (χ2v) is 12.8. The van der Waals surface area contributed by atoms with Gasteiger partial charge in [0.25, 0.3) is 0 Å². The number of rotatable bonds is 3. The van der Waals surface area contributed by atoms with Gasteiger partial charge < -0.3 is 4.57 Å². The van der Waals surface area contributed by atoms with E-state index in [2.05, 4.69) is 132 Å². The Bertz CT molecular complexity index is 2790. The van der Waals surface area contributed by atoms with Crippen molar-refractivity contribution in [2.24, 2.45) is 0 Å². The molecule has 0 aliphatic heterocycles. The highest BCUT2D eigenvalue weighted by Gasteiger charge is 2.24. The lowest BCUT2D eigenvalue weighted by atomic mass is 9.99. The smallest absolute Gasteiger partial charge is 0.159 e. The highest BCUT2D eigenvalue weighted by molar-refractivity contribution is 7.27. The van der Waals surface area contributed by atoms with Crippen molar-refractivity contribution in [2.75, 3.05) is 0 Å². The molecule has 10 rings (SSSR count). The molecule has 0 atom stereocenters. The van der Waals surface area contributed by atoms with E-state index in [0.717, 1.165) is 28.0 Å². The molecule has 0 saturated heterocycles. The molecule has 0 spiro atoms. The highest BCUT2D eigenvalue weighted by Crippen LogP contribution is 2.49. The van der Waals surface area contributed by atoms with E-state index in [4.69, 9.17) is 9.97 Å². The number of hydrogen-bond donors (Lipinski definition) is 0. The van der Waals surface area contributed by atoms with E-state index in [1.165, 1.54) is 58.0 Å². The summed E-state index contributed by atoms with van der Waals surface area (Å²) in [5.41, 5.74) is 6.27. The second-order valence-electron chi connectivity index (χ2n) is 11.8. The van der Waals surface area contributed by atoms with Gasteiger partial charge in [0.15, 0.2) is 5.82 Å². The number of nitrogens with zero attached hydrogens (tertiary/aromatic N) is 3. The summed E-state index contributed by atoms with van der Waals surface area (Å²) in [5, 5.41) is 10.2. The topological polar surface area (TPSA) is 30.7 Å². The van der Waals surface area contributed by atoms with E-state index in [0.29, 0.717) is 5.82 Å². The van der Waals surface area contributed by atoms with Gasteiger partial charge in [-0.2, -0.15) is 0 Å². The molecule has 3 nitrogen and oxygen atoms in total. The van der Waals surface area contributed by atoms with Crippen LogP contribution in [0.1, 0.15) is 0 Å². The number of aromatic nitrogens is 3. The maximum absolute atomic E-state index is 5.29. The Morgan fingerprint density at radius 3 is 1.93 bits per heavy atom. The minimum Gasteiger partial charge on any atom is -0.305 e. The molecule has 46 heavy (non-hydrogen) atoms. The molecular weight excluding hydrogens is 579 g/mol. The molecule has 0 fully saturated rings. The van der Waals surface area contributed by atoms with Gasteiger partial charge in [-0.1, -0.05) is 140 Å². The average Bonchev–Trinajstić information content (AvgIpc) is 3.69. The first-order chi connectivity index (χ1) is 22.8. The molecule has 0 bridgehead atoms. The third-order valence-electron chi connectivity index (χ3n) is 9.22. The maximum Gasteiger partial charge on any atom is 0.159 e. The molecule has 3 heterocycles. The molecule has 0 saturated carbocycles. The van der Waals surface area contributed by atoms with Gasteiger partial charge in [0.1, 0.15) is 0 Å². The third kappa shape index (κ3) is 3.59. The summed E-state index contributed by atoms with van der Waals surface area (Å²) >= 11 is 1.91. The van der Waals surface area contributed by atoms with Gasteiger partial charge in [0.05, 0.1) is 28.6 Å². The largest absolute Gasteiger partial charge is 0.305 e. The van der Waals surface area contributed by atoms with Crippen molar-refractivity contribution >= 4 is 74.9 Å². The number of para-hydroxylation sites is 1. The quantitative estimate of drug-likeness (QED) is 0.201. The van der Waals surface area contributed by atoms with E-state index >= 15 is 0 Å². The van der Waals surface area contributed by atoms with Crippen molar-refractivity contribution in [2.45, 2.75) is 0 Å². The number of hydrogen-bond acceptors (Lipinski definition) is 3. The van der Waals surface area contributed by atoms with Crippen LogP contribution in [-0.2, 0) is 0 Å². The van der Waals surface area contributed by atoms with Gasteiger partial charge >= 0.3 is 0 Å². The number of benzene rings is 7. The summed E-state index contributed by atoms with van der Waals surface area (Å²) in [7, 11) is 0. The number of thiophene rings is 1. The lowest BCUT2D eigenvalue weighted by Crippen LogP contribution is -2.03. The summed E-state index contributed by atoms with van der Waals surface area (Å²) in [5.74, 6) is 0.715. The van der Waals surface area contributed by atoms with E-state index < -0.39 is 0 Å². The second kappa shape index (κ2) is 9.83. The van der Waals surface area contributed by atoms with Gasteiger partial charge in [-0.15, -0.1) is 11.3 Å². The normalized spacial score (nSPS) is 11.9. The van der Waals surface area contributed by atoms with Gasteiger partial charge in [-0.25, -0.2) is 9.97 Å². The summed E-state index contributed by atoms with van der Waals surface area (Å²) in [4.78, 5) is 10.3. The first-order valence-corrected chi connectivity index (χ1v) is 16.3. The molecule has 0 N–H and O–H groups in total. The van der Waals surface area contributed by atoms with Crippen molar-refractivity contribution in [3.8, 4) is 28.3 Å². The highest BCUT2D eigenvalue weighted by atomic mass is 32.1. The van der Waals surface area contributed by atoms with Crippen molar-refractivity contribution in [1.82, 2.24) is 14.5 Å². The van der Waals surface area contributed by atoms with Crippen LogP contribution in [0, 0.1) is 0 Å². The zero-order valence-electron chi connectivity index (χ0n) is 24.7. The van der Waals surface area contributed by atoms with Crippen LogP contribution in [0.4, 0.5) is 0 Å². The number of fused-ring (bicyclic) bond motifs is 12. The fourth-order valence-corrected chi connectivity index (χ4v) is 8.60. The molecule has 4 heteroatoms. The van der Waals surface area contributed by atoms with Crippen LogP contribution in [0.15, 0.2) is 152 Å². The van der Waals surface area contributed by atoms with Gasteiger partial charge in [-0.3, -0.25) is 0 Å². The van der Waals surface area contributed by atoms with Crippen LogP contribution in [0.3, 0.4) is 0 Å². The van der Waals surface area contributed by atoms with Crippen molar-refractivity contribution in [1.29, 1.82) is 0 Å². The molecule has 214 valence electrons. The average molecular weight is 604 g/mol. The molecule has 3 aromatic heterocycles. The van der Waals surface area contributed by atoms with Gasteiger partial charge in [0.2, 0.25) is 0 Å². The zero-order chi connectivity index (χ0) is 30.2. The summed E-state index contributed by atoms with van der Waals surface area (Å²) in [6, 6.07) is 51.8. The van der Waals surface area contributed by atoms with E-state index in [9.17, 15) is 0 Å². The third-order valence-corrected chi connectivity index (χ3v) is 10.5. The van der Waals surface area contributed by atoms with E-state index in [-0.39, 0.29) is 0 Å². The van der Waals surface area contributed by atoms with Crippen molar-refractivity contribution in [3.63, 3.8) is 0 Å². The molecule has 0 amide bonds. The summed E-state index contributed by atoms with van der Waals surface area (Å²) in [6.07, 6.45) is 2.02. The molecule has 0 unspecified atom stereocenters. The Morgan fingerprint density at radius 2 is 1.13 bits per heavy atom. The molecular formula is C42H25N3S. The van der Waals surface area contributed by atoms with E-state index in [1.807, 2.05) is 35.7 Å². The van der Waals surface area contributed by atoms with Gasteiger partial charge in [-0.05, 0) is 22.2 Å². The minimum atomic E-state index is 0.715. The summed E-state index contributed by atoms with van der Waals surface area (Å²) < 4.78 is 5.06. The molecule has 0 radical (unpaired) electrons. The molecule has 0 aliphatic carbocycles. The molecule has 0 aliphatic rings. The monoisotopic (exact) mass is 603 g/mol. The maximum atomic E-state index is 5.29. The first-order valence-electron chi connectivity index (χ1n) is 15.5. The predicted octanol–water partition coefficient (Wildman–Crippen LogP) is 11.6. The Kier molecular flexibility index (Phi) is 5.45. The van der Waals surface area contributed by atoms with Crippen LogP contribution in [0.25, 0.3) is 91.9 Å². The zero-order valence-corrected chi connectivity index (χ0v) is 25.5. The van der Waals surface area contributed by atoms with Crippen LogP contribution in [-0.4, -0.2) is 14.5 Å². The van der Waals surface area contributed by atoms with Crippen LogP contribution < -0.4 is 0 Å². The lowest BCUT2D eigenvalue weighted by molar-refractivity contribution is 1.09. The van der Waals surface area contributed by atoms with Crippen LogP contribution >= 0.6 is 11.3 Å². The fourth-order valence-electron chi connectivity index (χ4n) is 7.22. The van der Waals surface area contributed by atoms with Crippen molar-refractivity contribution in [3.05, 3.63) is 152 Å². The van der Waals surface area contributed by atoms with Gasteiger partial charge in [0, 0.05) is 47.5 Å². The SMILES string of the molecule is c1ccc(-c2ncc(-n3c4ccccc4c4c5ccccc5c5sc6c7ccccc7ccc6c5c43)c(-c3ccccc3)n2)cc1. The standard InChI is InChI=1S/C42H25N3S/c1-3-14-27(15-4-1)38-35(25-43-42(44-38)28-16-5-2-6-17-28)45-34-22-12-11-21-32(34)36-30-19-9-10-20-31(30)41-37(39(36)45)33-24-23-26-13-7-8-18-29(26)40(33)46-41/h1-25H. The predicted molar refractivity (Wildman–Crippen MR) is 195 cm³/mol.